The summed E-state index contributed by atoms with van der Waals surface area (Å²) in [6.45, 7) is -1.34. The van der Waals surface area contributed by atoms with Gasteiger partial charge in [0, 0.05) is 11.1 Å². The van der Waals surface area contributed by atoms with E-state index in [1.54, 1.807) is 49.4 Å². The van der Waals surface area contributed by atoms with Crippen LogP contribution < -0.4 is 30.1 Å². The Morgan fingerprint density at radius 3 is 2.75 bits per heavy atom. The predicted octanol–water partition coefficient (Wildman–Crippen LogP) is 1.77. The van der Waals surface area contributed by atoms with Gasteiger partial charge in [0.15, 0.2) is 4.80 Å². The number of nitrogens with two attached hydrogens (primary N) is 1. The number of thiazole rings is 1. The van der Waals surface area contributed by atoms with Gasteiger partial charge in [-0.1, -0.05) is 47.7 Å². The summed E-state index contributed by atoms with van der Waals surface area (Å²) in [6.07, 6.45) is 1.48. The fourth-order valence-corrected chi connectivity index (χ4v) is 5.41. The normalized spacial score (nSPS) is 23.7. The van der Waals surface area contributed by atoms with Crippen molar-refractivity contribution in [2.75, 3.05) is 0 Å². The zero-order valence-electron chi connectivity index (χ0n) is 16.7. The number of carbonyl (C=O) groups excluding carboxylic acids is 1. The molecule has 164 valence electrons. The van der Waals surface area contributed by atoms with Crippen molar-refractivity contribution in [3.63, 3.8) is 0 Å². The van der Waals surface area contributed by atoms with Gasteiger partial charge in [-0.2, -0.15) is 8.78 Å². The Bertz CT molecular complexity index is 1420. The molecule has 0 aliphatic carbocycles. The van der Waals surface area contributed by atoms with Gasteiger partial charge in [0.05, 0.1) is 10.6 Å². The zero-order valence-corrected chi connectivity index (χ0v) is 17.5. The summed E-state index contributed by atoms with van der Waals surface area (Å²) < 4.78 is 37.9. The lowest BCUT2D eigenvalue weighted by Crippen LogP contribution is -2.59. The molecule has 0 saturated heterocycles. The smallest absolute Gasteiger partial charge is 0.387 e. The highest BCUT2D eigenvalue weighted by atomic mass is 32.1. The highest BCUT2D eigenvalue weighted by molar-refractivity contribution is 7.07. The van der Waals surface area contributed by atoms with Crippen molar-refractivity contribution in [1.29, 1.82) is 0 Å². The Morgan fingerprint density at radius 2 is 2.00 bits per heavy atom. The summed E-state index contributed by atoms with van der Waals surface area (Å²) in [6, 6.07) is 12.6. The Kier molecular flexibility index (Phi) is 4.63. The number of para-hydroxylation sites is 2. The minimum Gasteiger partial charge on any atom is -0.465 e. The van der Waals surface area contributed by atoms with Gasteiger partial charge < -0.3 is 15.2 Å². The lowest BCUT2D eigenvalue weighted by atomic mass is 9.81. The fraction of sp³-hybridized carbons (Fsp3) is 0.227. The van der Waals surface area contributed by atoms with Crippen molar-refractivity contribution in [1.82, 2.24) is 4.57 Å². The van der Waals surface area contributed by atoms with E-state index in [9.17, 15) is 18.4 Å². The second-order valence-electron chi connectivity index (χ2n) is 7.62. The Morgan fingerprint density at radius 1 is 1.28 bits per heavy atom. The molecule has 2 aromatic carbocycles. The maximum Gasteiger partial charge on any atom is 0.387 e. The van der Waals surface area contributed by atoms with Crippen LogP contribution >= 0.6 is 11.3 Å². The minimum absolute atomic E-state index is 0.0513. The van der Waals surface area contributed by atoms with E-state index < -0.39 is 35.8 Å². The number of hydrogen-bond donors (Lipinski definition) is 1. The standard InChI is InChI=1S/C22H17F2N3O4S/c1-22-16(18(25)28)17(12-7-3-5-9-14(12)31-22)27-19(29)15(32-21(27)26-22)10-11-6-2-4-8-13(11)30-20(23)24/h2-10,16-17,20H,1H3,(H2,25,28). The average molecular weight is 457 g/mol. The number of hydrogen-bond acceptors (Lipinski definition) is 6. The lowest BCUT2D eigenvalue weighted by Gasteiger charge is -2.44. The molecule has 3 unspecified atom stereocenters. The third kappa shape index (κ3) is 3.10. The first-order valence-electron chi connectivity index (χ1n) is 9.72. The molecule has 0 radical (unpaired) electrons. The monoisotopic (exact) mass is 457 g/mol. The summed E-state index contributed by atoms with van der Waals surface area (Å²) in [5.74, 6) is -1.07. The number of halogens is 2. The van der Waals surface area contributed by atoms with Crippen LogP contribution in [-0.4, -0.2) is 22.8 Å². The molecule has 10 heteroatoms. The van der Waals surface area contributed by atoms with Gasteiger partial charge in [0.25, 0.3) is 5.56 Å². The van der Waals surface area contributed by atoms with E-state index in [0.29, 0.717) is 21.7 Å². The van der Waals surface area contributed by atoms with Gasteiger partial charge in [0.2, 0.25) is 11.6 Å². The molecule has 3 aromatic rings. The number of aromatic nitrogens is 1. The number of benzene rings is 2. The predicted molar refractivity (Wildman–Crippen MR) is 112 cm³/mol. The molecule has 7 nitrogen and oxygen atoms in total. The highest BCUT2D eigenvalue weighted by Crippen LogP contribution is 2.46. The first-order valence-corrected chi connectivity index (χ1v) is 10.5. The van der Waals surface area contributed by atoms with Crippen molar-refractivity contribution < 1.29 is 23.0 Å². The third-order valence-electron chi connectivity index (χ3n) is 5.61. The van der Waals surface area contributed by atoms with E-state index in [4.69, 9.17) is 10.5 Å². The van der Waals surface area contributed by atoms with Crippen LogP contribution in [-0.2, 0) is 4.79 Å². The molecule has 1 amide bonds. The summed E-state index contributed by atoms with van der Waals surface area (Å²) in [4.78, 5) is 30.8. The van der Waals surface area contributed by atoms with Crippen LogP contribution in [0.5, 0.6) is 11.5 Å². The molecule has 2 aliphatic rings. The molecule has 1 aromatic heterocycles. The molecule has 0 saturated carbocycles. The van der Waals surface area contributed by atoms with Crippen molar-refractivity contribution in [3.8, 4) is 11.5 Å². The van der Waals surface area contributed by atoms with Crippen molar-refractivity contribution in [2.45, 2.75) is 25.3 Å². The van der Waals surface area contributed by atoms with Crippen molar-refractivity contribution >= 4 is 23.3 Å². The topological polar surface area (TPSA) is 95.9 Å². The number of amides is 1. The fourth-order valence-electron chi connectivity index (χ4n) is 4.32. The quantitative estimate of drug-likeness (QED) is 0.646. The number of rotatable bonds is 4. The van der Waals surface area contributed by atoms with Gasteiger partial charge in [-0.3, -0.25) is 14.2 Å². The Balaban J connectivity index is 1.76. The average Bonchev–Trinajstić information content (AvgIpc) is 3.02. The van der Waals surface area contributed by atoms with Crippen molar-refractivity contribution in [2.24, 2.45) is 16.6 Å². The van der Waals surface area contributed by atoms with Gasteiger partial charge in [0.1, 0.15) is 17.4 Å². The van der Waals surface area contributed by atoms with Crippen LogP contribution in [0.25, 0.3) is 6.08 Å². The zero-order chi connectivity index (χ0) is 22.6. The number of nitrogens with zero attached hydrogens (tertiary/aromatic N) is 2. The first kappa shape index (κ1) is 20.4. The molecule has 3 heterocycles. The van der Waals surface area contributed by atoms with Crippen LogP contribution in [0.3, 0.4) is 0 Å². The maximum atomic E-state index is 13.4. The van der Waals surface area contributed by atoms with Crippen LogP contribution in [0.4, 0.5) is 8.78 Å². The Labute approximate surface area is 184 Å². The molecular formula is C22H17F2N3O4S. The minimum atomic E-state index is -3.00. The van der Waals surface area contributed by atoms with Gasteiger partial charge in [-0.15, -0.1) is 0 Å². The summed E-state index contributed by atoms with van der Waals surface area (Å²) in [7, 11) is 0. The second-order valence-corrected chi connectivity index (χ2v) is 8.63. The molecule has 0 spiro atoms. The largest absolute Gasteiger partial charge is 0.465 e. The van der Waals surface area contributed by atoms with E-state index in [-0.39, 0.29) is 10.3 Å². The maximum absolute atomic E-state index is 13.4. The van der Waals surface area contributed by atoms with Crippen LogP contribution in [0.15, 0.2) is 58.3 Å². The van der Waals surface area contributed by atoms with Crippen LogP contribution in [0, 0.1) is 5.92 Å². The third-order valence-corrected chi connectivity index (χ3v) is 6.59. The van der Waals surface area contributed by atoms with Gasteiger partial charge in [-0.05, 0) is 25.1 Å². The molecule has 3 atom stereocenters. The number of ether oxygens (including phenoxy) is 2. The summed E-state index contributed by atoms with van der Waals surface area (Å²) in [5.41, 5.74) is 5.00. The summed E-state index contributed by atoms with van der Waals surface area (Å²) in [5, 5.41) is 0. The van der Waals surface area contributed by atoms with E-state index in [0.717, 1.165) is 11.3 Å². The van der Waals surface area contributed by atoms with Gasteiger partial charge >= 0.3 is 6.61 Å². The van der Waals surface area contributed by atoms with E-state index in [2.05, 4.69) is 9.73 Å². The first-order chi connectivity index (χ1) is 15.3. The van der Waals surface area contributed by atoms with E-state index in [1.807, 2.05) is 0 Å². The molecule has 2 aliphatic heterocycles. The SMILES string of the molecule is CC12N=c3sc(=Cc4ccccc4OC(F)F)c(=O)n3C(c3ccccc3O1)C2C(N)=O. The number of primary amides is 1. The second kappa shape index (κ2) is 7.27. The molecule has 2 N–H and O–H groups in total. The number of alkyl halides is 2. The Hall–Kier alpha value is -3.53. The molecule has 32 heavy (non-hydrogen) atoms. The molecule has 2 bridgehead atoms. The van der Waals surface area contributed by atoms with Gasteiger partial charge in [-0.25, -0.2) is 4.99 Å². The molecule has 5 rings (SSSR count). The molecule has 0 fully saturated rings. The summed E-state index contributed by atoms with van der Waals surface area (Å²) >= 11 is 1.08. The highest BCUT2D eigenvalue weighted by Gasteiger charge is 2.54. The lowest BCUT2D eigenvalue weighted by molar-refractivity contribution is -0.133. The van der Waals surface area contributed by atoms with E-state index in [1.165, 1.54) is 16.7 Å². The van der Waals surface area contributed by atoms with Crippen LogP contribution in [0.1, 0.15) is 24.1 Å². The molecular weight excluding hydrogens is 440 g/mol. The van der Waals surface area contributed by atoms with E-state index >= 15 is 0 Å². The van der Waals surface area contributed by atoms with Crippen molar-refractivity contribution in [3.05, 3.63) is 79.3 Å². The number of carbonyl (C=O) groups is 1. The number of fused-ring (bicyclic) bond motifs is 6. The van der Waals surface area contributed by atoms with Crippen LogP contribution in [0.2, 0.25) is 0 Å².